The molecule has 0 radical (unpaired) electrons. The highest BCUT2D eigenvalue weighted by atomic mass is 16.6. The van der Waals surface area contributed by atoms with Crippen LogP contribution in [0.3, 0.4) is 0 Å². The van der Waals surface area contributed by atoms with Crippen LogP contribution >= 0.6 is 0 Å². The fraction of sp³-hybridized carbons (Fsp3) is 0.417. The SMILES string of the molecule is O=C1CCCN1c1ccc(CC(=O)N2CCC[C@@H]2c2ccc3c(c2)OCCO3)cc1. The van der Waals surface area contributed by atoms with Gasteiger partial charge in [-0.1, -0.05) is 18.2 Å². The molecule has 0 aromatic heterocycles. The van der Waals surface area contributed by atoms with E-state index < -0.39 is 0 Å². The van der Waals surface area contributed by atoms with Crippen LogP contribution in [0.2, 0.25) is 0 Å². The van der Waals surface area contributed by atoms with Crippen LogP contribution in [0.1, 0.15) is 42.9 Å². The van der Waals surface area contributed by atoms with Crippen molar-refractivity contribution in [1.82, 2.24) is 4.90 Å². The molecular weight excluding hydrogens is 380 g/mol. The number of likely N-dealkylation sites (tertiary alicyclic amines) is 1. The molecule has 0 spiro atoms. The minimum Gasteiger partial charge on any atom is -0.486 e. The number of carbonyl (C=O) groups is 2. The molecule has 156 valence electrons. The van der Waals surface area contributed by atoms with Crippen molar-refractivity contribution in [3.8, 4) is 11.5 Å². The Morgan fingerprint density at radius 2 is 1.77 bits per heavy atom. The van der Waals surface area contributed by atoms with Gasteiger partial charge in [0.15, 0.2) is 11.5 Å². The molecule has 0 saturated carbocycles. The first-order valence-corrected chi connectivity index (χ1v) is 10.8. The van der Waals surface area contributed by atoms with Crippen molar-refractivity contribution < 1.29 is 19.1 Å². The van der Waals surface area contributed by atoms with Crippen LogP contribution in [0.15, 0.2) is 42.5 Å². The van der Waals surface area contributed by atoms with Gasteiger partial charge in [0.2, 0.25) is 11.8 Å². The molecule has 2 amide bonds. The van der Waals surface area contributed by atoms with Crippen molar-refractivity contribution in [1.29, 1.82) is 0 Å². The van der Waals surface area contributed by atoms with Crippen LogP contribution in [-0.2, 0) is 16.0 Å². The minimum atomic E-state index is 0.0785. The lowest BCUT2D eigenvalue weighted by atomic mass is 10.0. The Bertz CT molecular complexity index is 956. The minimum absolute atomic E-state index is 0.0785. The van der Waals surface area contributed by atoms with Crippen molar-refractivity contribution in [2.75, 3.05) is 31.2 Å². The first kappa shape index (κ1) is 19.0. The highest BCUT2D eigenvalue weighted by Gasteiger charge is 2.31. The largest absolute Gasteiger partial charge is 0.486 e. The standard InChI is InChI=1S/C24H26N2O4/c27-23-4-2-11-25(23)19-8-5-17(6-9-19)15-24(28)26-12-1-3-20(26)18-7-10-21-22(16-18)30-14-13-29-21/h5-10,16,20H,1-4,11-15H2/t20-/m1/s1. The summed E-state index contributed by atoms with van der Waals surface area (Å²) in [5.74, 6) is 1.86. The van der Waals surface area contributed by atoms with Crippen LogP contribution in [0.5, 0.6) is 11.5 Å². The van der Waals surface area contributed by atoms with Crippen molar-refractivity contribution >= 4 is 17.5 Å². The highest BCUT2D eigenvalue weighted by Crippen LogP contribution is 2.38. The number of hydrogen-bond acceptors (Lipinski definition) is 4. The molecule has 2 saturated heterocycles. The Labute approximate surface area is 176 Å². The molecule has 6 heteroatoms. The summed E-state index contributed by atoms with van der Waals surface area (Å²) in [7, 11) is 0. The third kappa shape index (κ3) is 3.62. The molecule has 2 aromatic rings. The molecule has 1 atom stereocenters. The molecule has 5 rings (SSSR count). The van der Waals surface area contributed by atoms with Crippen LogP contribution < -0.4 is 14.4 Å². The van der Waals surface area contributed by atoms with Gasteiger partial charge in [-0.15, -0.1) is 0 Å². The molecule has 3 heterocycles. The Hall–Kier alpha value is -3.02. The van der Waals surface area contributed by atoms with Gasteiger partial charge in [0.25, 0.3) is 0 Å². The summed E-state index contributed by atoms with van der Waals surface area (Å²) in [4.78, 5) is 28.8. The van der Waals surface area contributed by atoms with Crippen LogP contribution in [-0.4, -0.2) is 43.0 Å². The fourth-order valence-electron chi connectivity index (χ4n) is 4.67. The van der Waals surface area contributed by atoms with E-state index in [-0.39, 0.29) is 17.9 Å². The number of amides is 2. The topological polar surface area (TPSA) is 59.1 Å². The van der Waals surface area contributed by atoms with E-state index >= 15 is 0 Å². The van der Waals surface area contributed by atoms with Crippen molar-refractivity contribution in [2.45, 2.75) is 38.1 Å². The Morgan fingerprint density at radius 3 is 2.53 bits per heavy atom. The molecular formula is C24H26N2O4. The van der Waals surface area contributed by atoms with Gasteiger partial charge in [0, 0.05) is 25.2 Å². The Morgan fingerprint density at radius 1 is 0.967 bits per heavy atom. The van der Waals surface area contributed by atoms with Gasteiger partial charge in [-0.3, -0.25) is 9.59 Å². The van der Waals surface area contributed by atoms with Crippen LogP contribution in [0, 0.1) is 0 Å². The molecule has 0 aliphatic carbocycles. The fourth-order valence-corrected chi connectivity index (χ4v) is 4.67. The first-order valence-electron chi connectivity index (χ1n) is 10.8. The number of benzene rings is 2. The second-order valence-electron chi connectivity index (χ2n) is 8.14. The van der Waals surface area contributed by atoms with E-state index in [1.807, 2.05) is 52.3 Å². The summed E-state index contributed by atoms with van der Waals surface area (Å²) in [6.45, 7) is 2.69. The lowest BCUT2D eigenvalue weighted by Crippen LogP contribution is -2.32. The van der Waals surface area contributed by atoms with E-state index in [0.717, 1.165) is 60.7 Å². The van der Waals surface area contributed by atoms with Crippen molar-refractivity contribution in [3.05, 3.63) is 53.6 Å². The molecule has 2 fully saturated rings. The molecule has 0 unspecified atom stereocenters. The van der Waals surface area contributed by atoms with Gasteiger partial charge in [0.1, 0.15) is 13.2 Å². The predicted molar refractivity (Wildman–Crippen MR) is 113 cm³/mol. The first-order chi connectivity index (χ1) is 14.7. The maximum atomic E-state index is 13.1. The average molecular weight is 406 g/mol. The maximum Gasteiger partial charge on any atom is 0.227 e. The van der Waals surface area contributed by atoms with E-state index in [1.54, 1.807) is 0 Å². The molecule has 30 heavy (non-hydrogen) atoms. The molecule has 0 bridgehead atoms. The average Bonchev–Trinajstić information content (AvgIpc) is 3.43. The Kier molecular flexibility index (Phi) is 5.07. The predicted octanol–water partition coefficient (Wildman–Crippen LogP) is 3.49. The van der Waals surface area contributed by atoms with Crippen molar-refractivity contribution in [3.63, 3.8) is 0 Å². The van der Waals surface area contributed by atoms with E-state index in [1.165, 1.54) is 0 Å². The second-order valence-corrected chi connectivity index (χ2v) is 8.14. The summed E-state index contributed by atoms with van der Waals surface area (Å²) >= 11 is 0. The number of hydrogen-bond donors (Lipinski definition) is 0. The number of carbonyl (C=O) groups excluding carboxylic acids is 2. The van der Waals surface area contributed by atoms with Gasteiger partial charge in [0.05, 0.1) is 12.5 Å². The van der Waals surface area contributed by atoms with Crippen LogP contribution in [0.25, 0.3) is 0 Å². The highest BCUT2D eigenvalue weighted by molar-refractivity contribution is 5.95. The number of anilines is 1. The molecule has 0 N–H and O–H groups in total. The monoisotopic (exact) mass is 406 g/mol. The van der Waals surface area contributed by atoms with Crippen LogP contribution in [0.4, 0.5) is 5.69 Å². The van der Waals surface area contributed by atoms with E-state index in [4.69, 9.17) is 9.47 Å². The van der Waals surface area contributed by atoms with Crippen molar-refractivity contribution in [2.24, 2.45) is 0 Å². The van der Waals surface area contributed by atoms with E-state index in [2.05, 4.69) is 0 Å². The van der Waals surface area contributed by atoms with Gasteiger partial charge in [-0.25, -0.2) is 0 Å². The quantitative estimate of drug-likeness (QED) is 0.780. The lowest BCUT2D eigenvalue weighted by molar-refractivity contribution is -0.131. The number of rotatable bonds is 4. The zero-order chi connectivity index (χ0) is 20.5. The van der Waals surface area contributed by atoms with Gasteiger partial charge < -0.3 is 19.3 Å². The third-order valence-corrected chi connectivity index (χ3v) is 6.20. The summed E-state index contributed by atoms with van der Waals surface area (Å²) < 4.78 is 11.3. The van der Waals surface area contributed by atoms with Gasteiger partial charge >= 0.3 is 0 Å². The summed E-state index contributed by atoms with van der Waals surface area (Å²) in [6, 6.07) is 13.9. The van der Waals surface area contributed by atoms with E-state index in [9.17, 15) is 9.59 Å². The molecule has 2 aromatic carbocycles. The number of nitrogens with zero attached hydrogens (tertiary/aromatic N) is 2. The third-order valence-electron chi connectivity index (χ3n) is 6.20. The zero-order valence-corrected chi connectivity index (χ0v) is 17.0. The van der Waals surface area contributed by atoms with Gasteiger partial charge in [-0.05, 0) is 54.7 Å². The maximum absolute atomic E-state index is 13.1. The summed E-state index contributed by atoms with van der Waals surface area (Å²) in [5, 5.41) is 0. The molecule has 6 nitrogen and oxygen atoms in total. The number of ether oxygens (including phenoxy) is 2. The summed E-state index contributed by atoms with van der Waals surface area (Å²) in [5.41, 5.74) is 3.00. The van der Waals surface area contributed by atoms with Gasteiger partial charge in [-0.2, -0.15) is 0 Å². The Balaban J connectivity index is 1.28. The van der Waals surface area contributed by atoms with E-state index in [0.29, 0.717) is 26.1 Å². The normalized spacial score (nSPS) is 20.7. The lowest BCUT2D eigenvalue weighted by Gasteiger charge is -2.27. The zero-order valence-electron chi connectivity index (χ0n) is 17.0. The molecule has 3 aliphatic rings. The smallest absolute Gasteiger partial charge is 0.227 e. The number of fused-ring (bicyclic) bond motifs is 1. The second kappa shape index (κ2) is 8.01. The summed E-state index contributed by atoms with van der Waals surface area (Å²) in [6.07, 6.45) is 3.86. The molecule has 3 aliphatic heterocycles.